The summed E-state index contributed by atoms with van der Waals surface area (Å²) in [5.41, 5.74) is 0.912. The van der Waals surface area contributed by atoms with Crippen LogP contribution in [0.4, 0.5) is 5.69 Å². The summed E-state index contributed by atoms with van der Waals surface area (Å²) in [6.45, 7) is 3.08. The van der Waals surface area contributed by atoms with Crippen molar-refractivity contribution < 1.29 is 29.2 Å². The molecule has 1 amide bonds. The number of anilines is 1. The van der Waals surface area contributed by atoms with Crippen LogP contribution in [0.3, 0.4) is 0 Å². The van der Waals surface area contributed by atoms with Crippen LogP contribution in [0.25, 0.3) is 0 Å². The largest absolute Gasteiger partial charge is 0.480 e. The van der Waals surface area contributed by atoms with E-state index in [1.807, 2.05) is 9.34 Å². The fourth-order valence-corrected chi connectivity index (χ4v) is 5.81. The lowest BCUT2D eigenvalue weighted by Crippen LogP contribution is -2.42. The van der Waals surface area contributed by atoms with Gasteiger partial charge in [0.15, 0.2) is 0 Å². The molecule has 0 spiro atoms. The van der Waals surface area contributed by atoms with Gasteiger partial charge in [0.2, 0.25) is 0 Å². The van der Waals surface area contributed by atoms with E-state index in [-0.39, 0.29) is 17.5 Å². The SMILES string of the molecule is O=C(O)c1ccccc1C(=O)NC(Cc1cccc(NP(=O)(N2CC2)N2CC2)c1)C(=O)O. The summed E-state index contributed by atoms with van der Waals surface area (Å²) < 4.78 is 17.0. The second kappa shape index (κ2) is 8.74. The molecule has 2 aliphatic heterocycles. The molecule has 4 N–H and O–H groups in total. The van der Waals surface area contributed by atoms with Gasteiger partial charge in [-0.2, -0.15) is 0 Å². The quantitative estimate of drug-likeness (QED) is 0.311. The van der Waals surface area contributed by atoms with Crippen LogP contribution in [-0.4, -0.2) is 69.6 Å². The molecule has 168 valence electrons. The molecule has 4 rings (SSSR count). The third-order valence-corrected chi connectivity index (χ3v) is 8.14. The molecule has 2 saturated heterocycles. The van der Waals surface area contributed by atoms with E-state index in [0.29, 0.717) is 11.3 Å². The van der Waals surface area contributed by atoms with Gasteiger partial charge in [0.25, 0.3) is 5.91 Å². The zero-order valence-electron chi connectivity index (χ0n) is 17.1. The Labute approximate surface area is 184 Å². The number of nitrogens with zero attached hydrogens (tertiary/aromatic N) is 2. The minimum absolute atomic E-state index is 0.0242. The Hall–Kier alpha value is -3.20. The number of hydrogen-bond acceptors (Lipinski definition) is 4. The van der Waals surface area contributed by atoms with Crippen LogP contribution in [0, 0.1) is 0 Å². The van der Waals surface area contributed by atoms with Crippen molar-refractivity contribution in [3.05, 3.63) is 65.2 Å². The average Bonchev–Trinajstić information content (AvgIpc) is 3.65. The summed E-state index contributed by atoms with van der Waals surface area (Å²) in [5.74, 6) is -3.30. The summed E-state index contributed by atoms with van der Waals surface area (Å²) in [6.07, 6.45) is -0.0242. The van der Waals surface area contributed by atoms with E-state index in [2.05, 4.69) is 10.4 Å². The van der Waals surface area contributed by atoms with Gasteiger partial charge in [0.05, 0.1) is 11.1 Å². The Bertz CT molecular complexity index is 1100. The van der Waals surface area contributed by atoms with E-state index in [4.69, 9.17) is 0 Å². The predicted octanol–water partition coefficient (Wildman–Crippen LogP) is 1.96. The summed E-state index contributed by atoms with van der Waals surface area (Å²) in [6, 6.07) is 11.3. The second-order valence-corrected chi connectivity index (χ2v) is 10.1. The Morgan fingerprint density at radius 2 is 1.56 bits per heavy atom. The van der Waals surface area contributed by atoms with Gasteiger partial charge in [-0.25, -0.2) is 18.9 Å². The highest BCUT2D eigenvalue weighted by molar-refractivity contribution is 7.61. The van der Waals surface area contributed by atoms with Crippen molar-refractivity contribution in [3.8, 4) is 0 Å². The van der Waals surface area contributed by atoms with Gasteiger partial charge in [-0.15, -0.1) is 0 Å². The first-order valence-electron chi connectivity index (χ1n) is 10.1. The number of carbonyl (C=O) groups excluding carboxylic acids is 1. The maximum absolute atomic E-state index is 13.3. The second-order valence-electron chi connectivity index (χ2n) is 7.68. The van der Waals surface area contributed by atoms with Crippen molar-refractivity contribution in [1.82, 2.24) is 14.7 Å². The zero-order valence-corrected chi connectivity index (χ0v) is 18.0. The minimum atomic E-state index is -2.84. The maximum Gasteiger partial charge on any atom is 0.336 e. The average molecular weight is 458 g/mol. The van der Waals surface area contributed by atoms with Crippen molar-refractivity contribution in [1.29, 1.82) is 0 Å². The number of carboxylic acid groups (broad SMARTS) is 2. The smallest absolute Gasteiger partial charge is 0.336 e. The highest BCUT2D eigenvalue weighted by Crippen LogP contribution is 2.59. The van der Waals surface area contributed by atoms with E-state index >= 15 is 0 Å². The molecule has 10 nitrogen and oxygen atoms in total. The van der Waals surface area contributed by atoms with Crippen LogP contribution in [0.2, 0.25) is 0 Å². The minimum Gasteiger partial charge on any atom is -0.480 e. The van der Waals surface area contributed by atoms with Crippen molar-refractivity contribution in [2.75, 3.05) is 31.3 Å². The first kappa shape index (κ1) is 22.0. The molecule has 32 heavy (non-hydrogen) atoms. The number of carbonyl (C=O) groups is 3. The van der Waals surface area contributed by atoms with Crippen molar-refractivity contribution >= 4 is 31.1 Å². The molecule has 2 aliphatic rings. The highest BCUT2D eigenvalue weighted by Gasteiger charge is 2.48. The van der Waals surface area contributed by atoms with Crippen molar-refractivity contribution in [2.45, 2.75) is 12.5 Å². The monoisotopic (exact) mass is 458 g/mol. The summed E-state index contributed by atoms with van der Waals surface area (Å²) in [4.78, 5) is 35.7. The van der Waals surface area contributed by atoms with Gasteiger partial charge >= 0.3 is 19.5 Å². The Balaban J connectivity index is 1.48. The normalized spacial score (nSPS) is 16.8. The number of hydrogen-bond donors (Lipinski definition) is 4. The van der Waals surface area contributed by atoms with E-state index in [9.17, 15) is 29.2 Å². The Morgan fingerprint density at radius 3 is 2.12 bits per heavy atom. The number of aliphatic carboxylic acids is 1. The van der Waals surface area contributed by atoms with Crippen LogP contribution < -0.4 is 10.4 Å². The molecule has 0 radical (unpaired) electrons. The van der Waals surface area contributed by atoms with E-state index < -0.39 is 31.5 Å². The molecule has 0 saturated carbocycles. The Morgan fingerprint density at radius 1 is 0.938 bits per heavy atom. The number of amides is 1. The van der Waals surface area contributed by atoms with Gasteiger partial charge in [-0.3, -0.25) is 9.36 Å². The lowest BCUT2D eigenvalue weighted by atomic mass is 10.0. The van der Waals surface area contributed by atoms with Crippen molar-refractivity contribution in [2.24, 2.45) is 0 Å². The van der Waals surface area contributed by atoms with Crippen molar-refractivity contribution in [3.63, 3.8) is 0 Å². The first-order chi connectivity index (χ1) is 15.3. The predicted molar refractivity (Wildman–Crippen MR) is 117 cm³/mol. The van der Waals surface area contributed by atoms with Crippen LogP contribution >= 0.6 is 7.59 Å². The molecular formula is C21H23N4O6P. The van der Waals surface area contributed by atoms with Gasteiger partial charge in [-0.05, 0) is 29.8 Å². The van der Waals surface area contributed by atoms with E-state index in [1.165, 1.54) is 24.3 Å². The van der Waals surface area contributed by atoms with Gasteiger partial charge in [-0.1, -0.05) is 24.3 Å². The Kier molecular flexibility index (Phi) is 6.01. The van der Waals surface area contributed by atoms with Gasteiger partial charge < -0.3 is 20.6 Å². The molecular weight excluding hydrogens is 435 g/mol. The molecule has 0 bridgehead atoms. The molecule has 11 heteroatoms. The highest BCUT2D eigenvalue weighted by atomic mass is 31.2. The molecule has 1 unspecified atom stereocenters. The number of benzene rings is 2. The molecule has 2 heterocycles. The maximum atomic E-state index is 13.3. The lowest BCUT2D eigenvalue weighted by Gasteiger charge is -2.22. The molecule has 0 aliphatic carbocycles. The summed E-state index contributed by atoms with van der Waals surface area (Å²) in [7, 11) is -2.84. The summed E-state index contributed by atoms with van der Waals surface area (Å²) >= 11 is 0. The van der Waals surface area contributed by atoms with Crippen LogP contribution in [-0.2, 0) is 15.8 Å². The molecule has 0 aromatic heterocycles. The topological polar surface area (TPSA) is 139 Å². The molecule has 2 fully saturated rings. The number of rotatable bonds is 10. The van der Waals surface area contributed by atoms with Gasteiger partial charge in [0, 0.05) is 38.3 Å². The van der Waals surface area contributed by atoms with Crippen LogP contribution in [0.5, 0.6) is 0 Å². The fourth-order valence-electron chi connectivity index (χ4n) is 3.43. The van der Waals surface area contributed by atoms with E-state index in [1.54, 1.807) is 24.3 Å². The third-order valence-electron chi connectivity index (χ3n) is 5.26. The van der Waals surface area contributed by atoms with Crippen LogP contribution in [0.15, 0.2) is 48.5 Å². The van der Waals surface area contributed by atoms with Gasteiger partial charge in [0.1, 0.15) is 6.04 Å². The molecule has 2 aromatic rings. The molecule has 2 aromatic carbocycles. The lowest BCUT2D eigenvalue weighted by molar-refractivity contribution is -0.139. The number of carboxylic acids is 2. The first-order valence-corrected chi connectivity index (χ1v) is 11.7. The number of aromatic carboxylic acids is 1. The number of nitrogens with one attached hydrogen (secondary N) is 2. The summed E-state index contributed by atoms with van der Waals surface area (Å²) in [5, 5.41) is 24.4. The van der Waals surface area contributed by atoms with E-state index in [0.717, 1.165) is 26.2 Å². The fraction of sp³-hybridized carbons (Fsp3) is 0.286. The standard InChI is InChI=1S/C21H23N4O6P/c26-19(16-6-1-2-7-17(16)20(27)28)22-18(21(29)30)13-14-4-3-5-15(12-14)23-32(31,24-8-9-24)25-10-11-25/h1-7,12,18H,8-11,13H2,(H,22,26)(H,23,31)(H,27,28)(H,29,30). The molecule has 1 atom stereocenters. The zero-order chi connectivity index (χ0) is 22.9. The van der Waals surface area contributed by atoms with Crippen LogP contribution in [0.1, 0.15) is 26.3 Å². The third kappa shape index (κ3) is 4.83.